The number of unbranched alkanes of at least 4 members (excludes halogenated alkanes) is 2. The first kappa shape index (κ1) is 37.2. The first-order valence-electron chi connectivity index (χ1n) is 18.3. The molecular formula is C42H50N4O6. The highest BCUT2D eigenvalue weighted by atomic mass is 16.7. The monoisotopic (exact) mass is 706 g/mol. The van der Waals surface area contributed by atoms with Crippen molar-refractivity contribution in [2.24, 2.45) is 0 Å². The zero-order valence-corrected chi connectivity index (χ0v) is 29.7. The summed E-state index contributed by atoms with van der Waals surface area (Å²) in [6.45, 7) is 4.50. The number of hydrogen-bond acceptors (Lipinski definition) is 8. The van der Waals surface area contributed by atoms with Gasteiger partial charge in [-0.05, 0) is 52.8 Å². The Morgan fingerprint density at radius 2 is 1.48 bits per heavy atom. The lowest BCUT2D eigenvalue weighted by Gasteiger charge is -2.39. The number of carbonyl (C=O) groups excluding carboxylic acids is 2. The van der Waals surface area contributed by atoms with Gasteiger partial charge in [-0.25, -0.2) is 0 Å². The van der Waals surface area contributed by atoms with Gasteiger partial charge >= 0.3 is 0 Å². The summed E-state index contributed by atoms with van der Waals surface area (Å²) < 4.78 is 18.7. The quantitative estimate of drug-likeness (QED) is 0.0812. The van der Waals surface area contributed by atoms with Crippen LogP contribution in [0.15, 0.2) is 97.1 Å². The van der Waals surface area contributed by atoms with Gasteiger partial charge in [-0.15, -0.1) is 0 Å². The van der Waals surface area contributed by atoms with Crippen molar-refractivity contribution < 1.29 is 28.9 Å². The third kappa shape index (κ3) is 10.5. The molecule has 2 fully saturated rings. The predicted molar refractivity (Wildman–Crippen MR) is 202 cm³/mol. The number of anilines is 2. The van der Waals surface area contributed by atoms with Crippen molar-refractivity contribution in [2.75, 3.05) is 43.9 Å². The highest BCUT2D eigenvalue weighted by Crippen LogP contribution is 2.39. The van der Waals surface area contributed by atoms with Crippen LogP contribution in [-0.4, -0.2) is 60.8 Å². The van der Waals surface area contributed by atoms with Crippen LogP contribution in [-0.2, 0) is 37.0 Å². The fourth-order valence-corrected chi connectivity index (χ4v) is 6.73. The summed E-state index contributed by atoms with van der Waals surface area (Å²) >= 11 is 0. The second-order valence-corrected chi connectivity index (χ2v) is 13.5. The number of para-hydroxylation sites is 2. The van der Waals surface area contributed by atoms with Crippen molar-refractivity contribution in [1.29, 1.82) is 0 Å². The van der Waals surface area contributed by atoms with Crippen LogP contribution in [0.5, 0.6) is 0 Å². The molecule has 0 saturated carbocycles. The molecule has 0 bridgehead atoms. The molecule has 0 aliphatic carbocycles. The highest BCUT2D eigenvalue weighted by Gasteiger charge is 2.33. The third-order valence-electron chi connectivity index (χ3n) is 9.71. The third-order valence-corrected chi connectivity index (χ3v) is 9.71. The van der Waals surface area contributed by atoms with Gasteiger partial charge in [-0.1, -0.05) is 91.3 Å². The normalized spacial score (nSPS) is 19.2. The number of nitrogens with one attached hydrogen (secondary N) is 2. The first-order chi connectivity index (χ1) is 25.4. The van der Waals surface area contributed by atoms with Gasteiger partial charge in [-0.2, -0.15) is 0 Å². The fourth-order valence-electron chi connectivity index (χ4n) is 6.73. The van der Waals surface area contributed by atoms with Crippen molar-refractivity contribution in [1.82, 2.24) is 10.2 Å². The number of morpholine rings is 1. The van der Waals surface area contributed by atoms with Gasteiger partial charge in [0.05, 0.1) is 43.4 Å². The van der Waals surface area contributed by atoms with E-state index >= 15 is 0 Å². The largest absolute Gasteiger partial charge is 0.397 e. The molecule has 2 aliphatic heterocycles. The minimum atomic E-state index is -0.525. The van der Waals surface area contributed by atoms with Crippen LogP contribution in [0.25, 0.3) is 11.1 Å². The Hall–Kier alpha value is -4.58. The van der Waals surface area contributed by atoms with Crippen LogP contribution in [0.3, 0.4) is 0 Å². The van der Waals surface area contributed by atoms with Gasteiger partial charge in [0, 0.05) is 51.0 Å². The van der Waals surface area contributed by atoms with Crippen molar-refractivity contribution in [3.8, 4) is 11.1 Å². The number of nitrogens with zero attached hydrogens (tertiary/aromatic N) is 1. The Balaban J connectivity index is 1.02. The summed E-state index contributed by atoms with van der Waals surface area (Å²) in [5.41, 5.74) is 13.1. The molecule has 2 aliphatic rings. The van der Waals surface area contributed by atoms with Crippen molar-refractivity contribution in [2.45, 2.75) is 70.2 Å². The number of benzene rings is 4. The molecule has 5 N–H and O–H groups in total. The molecule has 4 aromatic rings. The predicted octanol–water partition coefficient (Wildman–Crippen LogP) is 6.51. The van der Waals surface area contributed by atoms with Gasteiger partial charge < -0.3 is 35.7 Å². The van der Waals surface area contributed by atoms with E-state index in [2.05, 4.69) is 45.9 Å². The molecule has 2 heterocycles. The molecule has 6 rings (SSSR count). The molecule has 4 aromatic carbocycles. The minimum absolute atomic E-state index is 0.00854. The SMILES string of the molecule is Nc1ccccc1NC(=O)CCCCCC(=O)NCc1ccccc1-c1ccc([C@H]2O[C@@H](CN3CCOCC3)C[C@@H](c3ccc(CO)cc3)O2)cc1. The molecule has 3 atom stereocenters. The number of aliphatic hydroxyl groups is 1. The number of carbonyl (C=O) groups is 2. The first-order valence-corrected chi connectivity index (χ1v) is 18.3. The molecule has 10 heteroatoms. The summed E-state index contributed by atoms with van der Waals surface area (Å²) in [6.07, 6.45) is 3.06. The molecule has 10 nitrogen and oxygen atoms in total. The Bertz CT molecular complexity index is 1740. The topological polar surface area (TPSA) is 135 Å². The lowest BCUT2D eigenvalue weighted by Crippen LogP contribution is -2.44. The van der Waals surface area contributed by atoms with Crippen molar-refractivity contribution in [3.05, 3.63) is 119 Å². The van der Waals surface area contributed by atoms with Gasteiger partial charge in [0.25, 0.3) is 0 Å². The van der Waals surface area contributed by atoms with Crippen LogP contribution < -0.4 is 16.4 Å². The summed E-state index contributed by atoms with van der Waals surface area (Å²) in [4.78, 5) is 27.4. The van der Waals surface area contributed by atoms with Crippen LogP contribution >= 0.6 is 0 Å². The van der Waals surface area contributed by atoms with Crippen LogP contribution in [0.4, 0.5) is 11.4 Å². The Morgan fingerprint density at radius 3 is 2.23 bits per heavy atom. The maximum Gasteiger partial charge on any atom is 0.224 e. The average Bonchev–Trinajstić information content (AvgIpc) is 3.18. The van der Waals surface area contributed by atoms with E-state index in [9.17, 15) is 14.7 Å². The van der Waals surface area contributed by atoms with E-state index in [1.165, 1.54) is 0 Å². The Labute approximate surface area is 306 Å². The Kier molecular flexibility index (Phi) is 13.4. The van der Waals surface area contributed by atoms with E-state index in [1.807, 2.05) is 54.6 Å². The molecule has 0 radical (unpaired) electrons. The second-order valence-electron chi connectivity index (χ2n) is 13.5. The Morgan fingerprint density at radius 1 is 0.788 bits per heavy atom. The lowest BCUT2D eigenvalue weighted by molar-refractivity contribution is -0.253. The minimum Gasteiger partial charge on any atom is -0.397 e. The number of aliphatic hydroxyl groups excluding tert-OH is 1. The molecule has 2 amide bonds. The molecule has 0 spiro atoms. The summed E-state index contributed by atoms with van der Waals surface area (Å²) in [6, 6.07) is 31.6. The number of ether oxygens (including phenoxy) is 3. The van der Waals surface area contributed by atoms with Gasteiger partial charge in [-0.3, -0.25) is 14.5 Å². The van der Waals surface area contributed by atoms with E-state index in [4.69, 9.17) is 19.9 Å². The van der Waals surface area contributed by atoms with Crippen LogP contribution in [0.2, 0.25) is 0 Å². The average molecular weight is 707 g/mol. The van der Waals surface area contributed by atoms with Crippen LogP contribution in [0, 0.1) is 0 Å². The molecular weight excluding hydrogens is 656 g/mol. The van der Waals surface area contributed by atoms with Gasteiger partial charge in [0.1, 0.15) is 0 Å². The number of nitrogen functional groups attached to an aromatic ring is 1. The van der Waals surface area contributed by atoms with E-state index in [0.717, 1.165) is 79.1 Å². The molecule has 52 heavy (non-hydrogen) atoms. The fraction of sp³-hybridized carbons (Fsp3) is 0.381. The lowest BCUT2D eigenvalue weighted by atomic mass is 9.97. The van der Waals surface area contributed by atoms with Gasteiger partial charge in [0.2, 0.25) is 11.8 Å². The zero-order chi connectivity index (χ0) is 36.1. The molecule has 2 saturated heterocycles. The molecule has 0 unspecified atom stereocenters. The molecule has 0 aromatic heterocycles. The maximum absolute atomic E-state index is 12.7. The number of hydrogen-bond donors (Lipinski definition) is 4. The zero-order valence-electron chi connectivity index (χ0n) is 29.7. The number of nitrogens with two attached hydrogens (primary N) is 1. The van der Waals surface area contributed by atoms with Crippen LogP contribution in [0.1, 0.15) is 73.2 Å². The van der Waals surface area contributed by atoms with E-state index < -0.39 is 6.29 Å². The number of rotatable bonds is 15. The highest BCUT2D eigenvalue weighted by molar-refractivity contribution is 5.93. The maximum atomic E-state index is 12.7. The standard InChI is InChI=1S/C42H50N4O6/c43-37-10-6-7-11-38(37)45-41(49)13-3-1-2-12-40(48)44-27-34-8-4-5-9-36(34)31-18-20-33(21-19-31)42-51-35(28-46-22-24-50-25-23-46)26-39(52-42)32-16-14-30(29-47)15-17-32/h4-11,14-21,35,39,42,47H,1-3,12-13,22-29,43H2,(H,44,48)(H,45,49)/t35-,39+,42+/m1/s1. The summed E-state index contributed by atoms with van der Waals surface area (Å²) in [7, 11) is 0. The smallest absolute Gasteiger partial charge is 0.224 e. The number of amides is 2. The summed E-state index contributed by atoms with van der Waals surface area (Å²) in [5.74, 6) is -0.0847. The van der Waals surface area contributed by atoms with E-state index in [1.54, 1.807) is 12.1 Å². The van der Waals surface area contributed by atoms with Crippen molar-refractivity contribution >= 4 is 23.2 Å². The second kappa shape index (κ2) is 18.8. The summed E-state index contributed by atoms with van der Waals surface area (Å²) in [5, 5.41) is 15.5. The van der Waals surface area contributed by atoms with E-state index in [0.29, 0.717) is 43.6 Å². The van der Waals surface area contributed by atoms with Gasteiger partial charge in [0.15, 0.2) is 6.29 Å². The van der Waals surface area contributed by atoms with Crippen molar-refractivity contribution in [3.63, 3.8) is 0 Å². The van der Waals surface area contributed by atoms with E-state index in [-0.39, 0.29) is 30.6 Å². The molecule has 274 valence electrons.